The van der Waals surface area contributed by atoms with Crippen LogP contribution in [0.15, 0.2) is 12.2 Å². The molecular weight excluding hydrogens is 126 g/mol. The smallest absolute Gasteiger partial charge is 0.0679 e. The Morgan fingerprint density at radius 3 is 2.70 bits per heavy atom. The van der Waals surface area contributed by atoms with Crippen LogP contribution in [-0.4, -0.2) is 13.2 Å². The summed E-state index contributed by atoms with van der Waals surface area (Å²) >= 11 is 0. The Balaban J connectivity index is 2.96. The highest BCUT2D eigenvalue weighted by molar-refractivity contribution is 4.93. The van der Waals surface area contributed by atoms with Crippen LogP contribution < -0.4 is 5.48 Å². The average molecular weight is 143 g/mol. The van der Waals surface area contributed by atoms with Crippen molar-refractivity contribution in [3.8, 4) is 0 Å². The Bertz CT molecular complexity index is 91.3. The lowest BCUT2D eigenvalue weighted by molar-refractivity contribution is 0.0472. The molecular formula is C8H17NO. The summed E-state index contributed by atoms with van der Waals surface area (Å²) in [6, 6.07) is 0. The molecule has 0 fully saturated rings. The summed E-state index contributed by atoms with van der Waals surface area (Å²) < 4.78 is 0. The van der Waals surface area contributed by atoms with E-state index in [1.54, 1.807) is 0 Å². The maximum Gasteiger partial charge on any atom is 0.0679 e. The van der Waals surface area contributed by atoms with E-state index in [-0.39, 0.29) is 0 Å². The van der Waals surface area contributed by atoms with Gasteiger partial charge in [-0.15, -0.1) is 0 Å². The zero-order valence-corrected chi connectivity index (χ0v) is 6.94. The number of hydrogen-bond acceptors (Lipinski definition) is 2. The van der Waals surface area contributed by atoms with Gasteiger partial charge in [-0.3, -0.25) is 0 Å². The first-order valence-electron chi connectivity index (χ1n) is 3.82. The number of nitrogens with one attached hydrogen (secondary N) is 1. The van der Waals surface area contributed by atoms with Gasteiger partial charge in [-0.05, 0) is 12.8 Å². The third-order valence-electron chi connectivity index (χ3n) is 1.23. The first kappa shape index (κ1) is 9.66. The molecule has 0 bridgehead atoms. The second kappa shape index (κ2) is 6.78. The van der Waals surface area contributed by atoms with Crippen LogP contribution in [0.5, 0.6) is 0 Å². The molecule has 60 valence electrons. The molecule has 0 atom stereocenters. The number of hydrogen-bond donors (Lipinski definition) is 1. The third-order valence-corrected chi connectivity index (χ3v) is 1.23. The lowest BCUT2D eigenvalue weighted by Crippen LogP contribution is -2.17. The van der Waals surface area contributed by atoms with Gasteiger partial charge in [-0.1, -0.05) is 26.0 Å². The predicted molar refractivity (Wildman–Crippen MR) is 43.7 cm³/mol. The molecule has 0 aromatic carbocycles. The SMILES string of the molecule is C=C(CC)CNOCCC. The first-order valence-corrected chi connectivity index (χ1v) is 3.82. The van der Waals surface area contributed by atoms with Gasteiger partial charge < -0.3 is 4.84 Å². The molecule has 0 unspecified atom stereocenters. The van der Waals surface area contributed by atoms with Gasteiger partial charge in [0.1, 0.15) is 0 Å². The van der Waals surface area contributed by atoms with Gasteiger partial charge in [-0.2, -0.15) is 5.48 Å². The van der Waals surface area contributed by atoms with Crippen molar-refractivity contribution >= 4 is 0 Å². The van der Waals surface area contributed by atoms with E-state index in [0.717, 1.165) is 26.0 Å². The van der Waals surface area contributed by atoms with Crippen molar-refractivity contribution in [2.24, 2.45) is 0 Å². The van der Waals surface area contributed by atoms with Crippen LogP contribution in [0.2, 0.25) is 0 Å². The normalized spacial score (nSPS) is 9.80. The fourth-order valence-electron chi connectivity index (χ4n) is 0.452. The molecule has 0 amide bonds. The van der Waals surface area contributed by atoms with Gasteiger partial charge in [-0.25, -0.2) is 0 Å². The zero-order valence-electron chi connectivity index (χ0n) is 6.94. The van der Waals surface area contributed by atoms with Crippen LogP contribution in [0.1, 0.15) is 26.7 Å². The van der Waals surface area contributed by atoms with Crippen LogP contribution in [0.4, 0.5) is 0 Å². The minimum atomic E-state index is 0.774. The Morgan fingerprint density at radius 2 is 2.20 bits per heavy atom. The molecule has 0 aromatic rings. The first-order chi connectivity index (χ1) is 4.81. The fourth-order valence-corrected chi connectivity index (χ4v) is 0.452. The van der Waals surface area contributed by atoms with Crippen molar-refractivity contribution in [1.29, 1.82) is 0 Å². The highest BCUT2D eigenvalue weighted by atomic mass is 16.6. The lowest BCUT2D eigenvalue weighted by atomic mass is 10.2. The zero-order chi connectivity index (χ0) is 7.82. The molecule has 0 heterocycles. The van der Waals surface area contributed by atoms with Crippen LogP contribution in [0, 0.1) is 0 Å². The van der Waals surface area contributed by atoms with Gasteiger partial charge in [0.15, 0.2) is 0 Å². The van der Waals surface area contributed by atoms with Gasteiger partial charge in [0.2, 0.25) is 0 Å². The monoisotopic (exact) mass is 143 g/mol. The summed E-state index contributed by atoms with van der Waals surface area (Å²) in [4.78, 5) is 5.04. The number of rotatable bonds is 6. The molecule has 1 N–H and O–H groups in total. The quantitative estimate of drug-likeness (QED) is 0.348. The molecule has 2 nitrogen and oxygen atoms in total. The summed E-state index contributed by atoms with van der Waals surface area (Å²) in [6.45, 7) is 9.54. The van der Waals surface area contributed by atoms with E-state index in [4.69, 9.17) is 4.84 Å². The van der Waals surface area contributed by atoms with Crippen molar-refractivity contribution in [3.05, 3.63) is 12.2 Å². The largest absolute Gasteiger partial charge is 0.302 e. The molecule has 0 rings (SSSR count). The van der Waals surface area contributed by atoms with E-state index >= 15 is 0 Å². The molecule has 0 radical (unpaired) electrons. The van der Waals surface area contributed by atoms with E-state index < -0.39 is 0 Å². The molecule has 0 spiro atoms. The molecule has 10 heavy (non-hydrogen) atoms. The lowest BCUT2D eigenvalue weighted by Gasteiger charge is -2.04. The number of hydroxylamine groups is 1. The van der Waals surface area contributed by atoms with Crippen molar-refractivity contribution < 1.29 is 4.84 Å². The molecule has 0 aliphatic heterocycles. The minimum Gasteiger partial charge on any atom is -0.302 e. The van der Waals surface area contributed by atoms with Crippen LogP contribution >= 0.6 is 0 Å². The predicted octanol–water partition coefficient (Wildman–Crippen LogP) is 1.88. The van der Waals surface area contributed by atoms with Crippen LogP contribution in [0.3, 0.4) is 0 Å². The Morgan fingerprint density at radius 1 is 1.50 bits per heavy atom. The van der Waals surface area contributed by atoms with Crippen LogP contribution in [-0.2, 0) is 4.84 Å². The van der Waals surface area contributed by atoms with Gasteiger partial charge in [0.05, 0.1) is 6.61 Å². The molecule has 0 saturated heterocycles. The summed E-state index contributed by atoms with van der Waals surface area (Å²) in [5.41, 5.74) is 4.01. The van der Waals surface area contributed by atoms with E-state index in [1.807, 2.05) is 0 Å². The summed E-state index contributed by atoms with van der Waals surface area (Å²) in [6.07, 6.45) is 2.06. The Kier molecular flexibility index (Phi) is 6.55. The molecule has 0 aliphatic rings. The summed E-state index contributed by atoms with van der Waals surface area (Å²) in [7, 11) is 0. The minimum absolute atomic E-state index is 0.774. The average Bonchev–Trinajstić information content (AvgIpc) is 1.98. The van der Waals surface area contributed by atoms with Crippen molar-refractivity contribution in [3.63, 3.8) is 0 Å². The maximum atomic E-state index is 5.04. The standard InChI is InChI=1S/C8H17NO/c1-4-6-10-9-7-8(3)5-2/h9H,3-7H2,1-2H3. The van der Waals surface area contributed by atoms with Crippen molar-refractivity contribution in [1.82, 2.24) is 5.48 Å². The molecule has 2 heteroatoms. The van der Waals surface area contributed by atoms with Gasteiger partial charge in [0, 0.05) is 6.54 Å². The van der Waals surface area contributed by atoms with Crippen molar-refractivity contribution in [2.45, 2.75) is 26.7 Å². The summed E-state index contributed by atoms with van der Waals surface area (Å²) in [5, 5.41) is 0. The fraction of sp³-hybridized carbons (Fsp3) is 0.750. The second-order valence-corrected chi connectivity index (χ2v) is 2.27. The topological polar surface area (TPSA) is 21.3 Å². The van der Waals surface area contributed by atoms with E-state index in [9.17, 15) is 0 Å². The van der Waals surface area contributed by atoms with E-state index in [2.05, 4.69) is 25.9 Å². The maximum absolute atomic E-state index is 5.04. The highest BCUT2D eigenvalue weighted by Gasteiger charge is 1.88. The highest BCUT2D eigenvalue weighted by Crippen LogP contribution is 1.92. The van der Waals surface area contributed by atoms with E-state index in [1.165, 1.54) is 5.57 Å². The Hall–Kier alpha value is -0.340. The Labute approximate surface area is 63.2 Å². The van der Waals surface area contributed by atoms with Crippen molar-refractivity contribution in [2.75, 3.05) is 13.2 Å². The molecule has 0 aliphatic carbocycles. The second-order valence-electron chi connectivity index (χ2n) is 2.27. The van der Waals surface area contributed by atoms with E-state index in [0.29, 0.717) is 0 Å². The summed E-state index contributed by atoms with van der Waals surface area (Å²) in [5.74, 6) is 0. The van der Waals surface area contributed by atoms with Gasteiger partial charge >= 0.3 is 0 Å². The third kappa shape index (κ3) is 5.79. The molecule has 0 saturated carbocycles. The molecule has 0 aromatic heterocycles. The van der Waals surface area contributed by atoms with Crippen LogP contribution in [0.25, 0.3) is 0 Å². The van der Waals surface area contributed by atoms with Gasteiger partial charge in [0.25, 0.3) is 0 Å².